The van der Waals surface area contributed by atoms with Crippen LogP contribution < -0.4 is 0 Å². The van der Waals surface area contributed by atoms with Crippen LogP contribution in [0, 0.1) is 12.3 Å². The predicted octanol–water partition coefficient (Wildman–Crippen LogP) is 3.67. The minimum absolute atomic E-state index is 0.0586. The van der Waals surface area contributed by atoms with Crippen molar-refractivity contribution in [1.82, 2.24) is 0 Å². The Bertz CT molecular complexity index is 487. The first-order valence-corrected chi connectivity index (χ1v) is 6.64. The van der Waals surface area contributed by atoms with E-state index in [0.29, 0.717) is 0 Å². The number of aromatic hydroxyl groups is 1. The monoisotopic (exact) mass is 262 g/mol. The first-order valence-electron chi connectivity index (χ1n) is 6.64. The summed E-state index contributed by atoms with van der Waals surface area (Å²) in [6.45, 7) is 7.59. The van der Waals surface area contributed by atoms with Crippen LogP contribution in [0.3, 0.4) is 0 Å². The maximum Gasteiger partial charge on any atom is 0.173 e. The maximum atomic E-state index is 12.1. The van der Waals surface area contributed by atoms with Crippen molar-refractivity contribution >= 4 is 11.6 Å². The van der Waals surface area contributed by atoms with E-state index < -0.39 is 5.41 Å². The summed E-state index contributed by atoms with van der Waals surface area (Å²) in [5.41, 5.74) is 0.645. The lowest BCUT2D eigenvalue weighted by atomic mass is 9.81. The minimum Gasteiger partial charge on any atom is -0.507 e. The van der Waals surface area contributed by atoms with Gasteiger partial charge in [0.2, 0.25) is 0 Å². The third kappa shape index (κ3) is 3.91. The number of benzene rings is 1. The van der Waals surface area contributed by atoms with Gasteiger partial charge in [-0.25, -0.2) is 0 Å². The molecule has 0 unspecified atom stereocenters. The lowest BCUT2D eigenvalue weighted by molar-refractivity contribution is -0.126. The normalized spacial score (nSPS) is 11.4. The van der Waals surface area contributed by atoms with Gasteiger partial charge in [-0.05, 0) is 25.5 Å². The lowest BCUT2D eigenvalue weighted by Crippen LogP contribution is -2.26. The fourth-order valence-corrected chi connectivity index (χ4v) is 2.12. The third-order valence-electron chi connectivity index (χ3n) is 3.40. The van der Waals surface area contributed by atoms with Crippen LogP contribution in [-0.2, 0) is 4.79 Å². The number of hydrogen-bond donors (Lipinski definition) is 1. The summed E-state index contributed by atoms with van der Waals surface area (Å²) in [6.07, 6.45) is 1.52. The first kappa shape index (κ1) is 15.4. The highest BCUT2D eigenvalue weighted by Gasteiger charge is 2.28. The van der Waals surface area contributed by atoms with Crippen molar-refractivity contribution in [1.29, 1.82) is 0 Å². The Morgan fingerprint density at radius 3 is 2.47 bits per heavy atom. The van der Waals surface area contributed by atoms with Gasteiger partial charge in [-0.1, -0.05) is 38.8 Å². The number of hydrogen-bond acceptors (Lipinski definition) is 3. The van der Waals surface area contributed by atoms with Gasteiger partial charge in [-0.3, -0.25) is 9.59 Å². The third-order valence-corrected chi connectivity index (χ3v) is 3.40. The topological polar surface area (TPSA) is 54.4 Å². The molecule has 0 aliphatic rings. The highest BCUT2D eigenvalue weighted by atomic mass is 16.3. The first-order chi connectivity index (χ1) is 8.77. The Morgan fingerprint density at radius 2 is 1.89 bits per heavy atom. The molecule has 1 N–H and O–H groups in total. The van der Waals surface area contributed by atoms with Crippen LogP contribution in [0.4, 0.5) is 0 Å². The zero-order chi connectivity index (χ0) is 14.6. The molecule has 0 radical (unpaired) electrons. The van der Waals surface area contributed by atoms with E-state index in [1.807, 2.05) is 27.7 Å². The molecule has 0 atom stereocenters. The highest BCUT2D eigenvalue weighted by molar-refractivity contribution is 6.10. The molecule has 0 saturated carbocycles. The second-order valence-corrected chi connectivity index (χ2v) is 5.68. The zero-order valence-corrected chi connectivity index (χ0v) is 12.1. The van der Waals surface area contributed by atoms with Crippen LogP contribution in [0.15, 0.2) is 18.2 Å². The summed E-state index contributed by atoms with van der Waals surface area (Å²) in [6, 6.07) is 4.84. The quantitative estimate of drug-likeness (QED) is 0.628. The van der Waals surface area contributed by atoms with Gasteiger partial charge in [-0.15, -0.1) is 0 Å². The minimum atomic E-state index is -0.482. The molecule has 0 spiro atoms. The summed E-state index contributed by atoms with van der Waals surface area (Å²) in [7, 11) is 0. The second kappa shape index (κ2) is 6.00. The molecular formula is C16H22O3. The maximum absolute atomic E-state index is 12.1. The SMILES string of the molecule is CCCC(C)(C)C(=O)CC(=O)c1cc(C)ccc1O. The average Bonchev–Trinajstić information content (AvgIpc) is 2.32. The molecule has 19 heavy (non-hydrogen) atoms. The molecule has 1 rings (SSSR count). The van der Waals surface area contributed by atoms with Gasteiger partial charge in [0.25, 0.3) is 0 Å². The average molecular weight is 262 g/mol. The predicted molar refractivity (Wildman–Crippen MR) is 75.5 cm³/mol. The number of aryl methyl sites for hydroxylation is 1. The van der Waals surface area contributed by atoms with Crippen molar-refractivity contribution in [3.63, 3.8) is 0 Å². The highest BCUT2D eigenvalue weighted by Crippen LogP contribution is 2.27. The standard InChI is InChI=1S/C16H22O3/c1-5-8-16(3,4)15(19)10-14(18)12-9-11(2)6-7-13(12)17/h6-7,9,17H,5,8,10H2,1-4H3. The van der Waals surface area contributed by atoms with E-state index in [2.05, 4.69) is 0 Å². The van der Waals surface area contributed by atoms with E-state index in [0.717, 1.165) is 18.4 Å². The Labute approximate surface area is 114 Å². The second-order valence-electron chi connectivity index (χ2n) is 5.68. The molecule has 1 aromatic carbocycles. The van der Waals surface area contributed by atoms with Crippen molar-refractivity contribution in [2.75, 3.05) is 0 Å². The molecule has 3 heteroatoms. The van der Waals surface area contributed by atoms with Crippen LogP contribution >= 0.6 is 0 Å². The van der Waals surface area contributed by atoms with Gasteiger partial charge in [0.1, 0.15) is 11.5 Å². The Hall–Kier alpha value is -1.64. The molecule has 0 aliphatic carbocycles. The van der Waals surface area contributed by atoms with Crippen LogP contribution in [0.2, 0.25) is 0 Å². The molecule has 0 fully saturated rings. The van der Waals surface area contributed by atoms with Gasteiger partial charge in [0.15, 0.2) is 5.78 Å². The van der Waals surface area contributed by atoms with Crippen molar-refractivity contribution < 1.29 is 14.7 Å². The summed E-state index contributed by atoms with van der Waals surface area (Å²) in [4.78, 5) is 24.2. The van der Waals surface area contributed by atoms with E-state index in [4.69, 9.17) is 0 Å². The summed E-state index contributed by atoms with van der Waals surface area (Å²) >= 11 is 0. The largest absolute Gasteiger partial charge is 0.507 e. The Morgan fingerprint density at radius 1 is 1.26 bits per heavy atom. The lowest BCUT2D eigenvalue weighted by Gasteiger charge is -2.21. The molecule has 0 aliphatic heterocycles. The van der Waals surface area contributed by atoms with Crippen LogP contribution in [-0.4, -0.2) is 16.7 Å². The van der Waals surface area contributed by atoms with Gasteiger partial charge in [0.05, 0.1) is 12.0 Å². The van der Waals surface area contributed by atoms with Gasteiger partial charge in [0, 0.05) is 5.41 Å². The molecule has 0 saturated heterocycles. The van der Waals surface area contributed by atoms with Gasteiger partial charge < -0.3 is 5.11 Å². The van der Waals surface area contributed by atoms with E-state index in [1.165, 1.54) is 6.07 Å². The van der Waals surface area contributed by atoms with Crippen molar-refractivity contribution in [2.45, 2.75) is 47.0 Å². The summed E-state index contributed by atoms with van der Waals surface area (Å²) in [5.74, 6) is -0.438. The van der Waals surface area contributed by atoms with Gasteiger partial charge in [-0.2, -0.15) is 0 Å². The van der Waals surface area contributed by atoms with Gasteiger partial charge >= 0.3 is 0 Å². The van der Waals surface area contributed by atoms with E-state index in [9.17, 15) is 14.7 Å². The number of rotatable bonds is 6. The van der Waals surface area contributed by atoms with Crippen molar-refractivity contribution in [3.8, 4) is 5.75 Å². The molecule has 0 heterocycles. The molecule has 1 aromatic rings. The summed E-state index contributed by atoms with van der Waals surface area (Å²) < 4.78 is 0. The molecule has 0 amide bonds. The fraction of sp³-hybridized carbons (Fsp3) is 0.500. The Kier molecular flexibility index (Phi) is 4.87. The molecular weight excluding hydrogens is 240 g/mol. The number of phenolic OH excluding ortho intramolecular Hbond substituents is 1. The summed E-state index contributed by atoms with van der Waals surface area (Å²) in [5, 5.41) is 9.69. The van der Waals surface area contributed by atoms with E-state index in [-0.39, 0.29) is 29.3 Å². The number of ketones is 2. The van der Waals surface area contributed by atoms with Crippen LogP contribution in [0.25, 0.3) is 0 Å². The smallest absolute Gasteiger partial charge is 0.173 e. The Balaban J connectivity index is 2.85. The molecule has 104 valence electrons. The van der Waals surface area contributed by atoms with Crippen LogP contribution in [0.1, 0.15) is 56.0 Å². The van der Waals surface area contributed by atoms with Crippen molar-refractivity contribution in [2.24, 2.45) is 5.41 Å². The number of carbonyl (C=O) groups excluding carboxylic acids is 2. The number of Topliss-reactive ketones (excluding diaryl/α,β-unsaturated/α-hetero) is 2. The molecule has 0 bridgehead atoms. The van der Waals surface area contributed by atoms with Crippen molar-refractivity contribution in [3.05, 3.63) is 29.3 Å². The molecule has 3 nitrogen and oxygen atoms in total. The van der Waals surface area contributed by atoms with E-state index in [1.54, 1.807) is 12.1 Å². The number of phenols is 1. The zero-order valence-electron chi connectivity index (χ0n) is 12.1. The van der Waals surface area contributed by atoms with E-state index >= 15 is 0 Å². The molecule has 0 aromatic heterocycles. The fourth-order valence-electron chi connectivity index (χ4n) is 2.12. The van der Waals surface area contributed by atoms with Crippen LogP contribution in [0.5, 0.6) is 5.75 Å². The number of carbonyl (C=O) groups is 2.